The van der Waals surface area contributed by atoms with Crippen LogP contribution in [0.3, 0.4) is 0 Å². The average molecular weight is 316 g/mol. The van der Waals surface area contributed by atoms with Crippen molar-refractivity contribution < 1.29 is 47.6 Å². The first kappa shape index (κ1) is 18.6. The fraction of sp³-hybridized carbons (Fsp3) is 0.333. The Bertz CT molecular complexity index is 695. The van der Waals surface area contributed by atoms with Crippen molar-refractivity contribution in [2.24, 2.45) is 0 Å². The third-order valence-corrected chi connectivity index (χ3v) is 4.26. The van der Waals surface area contributed by atoms with E-state index in [1.807, 2.05) is 26.0 Å². The third-order valence-electron chi connectivity index (χ3n) is 3.39. The molecule has 1 N–H and O–H groups in total. The van der Waals surface area contributed by atoms with Crippen molar-refractivity contribution in [2.75, 3.05) is 6.61 Å². The van der Waals surface area contributed by atoms with Crippen molar-refractivity contribution in [2.45, 2.75) is 31.1 Å². The Morgan fingerprint density at radius 1 is 1.19 bits per heavy atom. The molecule has 0 aromatic carbocycles. The number of rotatable bonds is 4. The number of aliphatic hydroxyl groups excluding tert-OH is 1. The molecule has 2 aliphatic rings. The van der Waals surface area contributed by atoms with Crippen LogP contribution in [0.5, 0.6) is 0 Å². The second-order valence-electron chi connectivity index (χ2n) is 5.11. The predicted octanol–water partition coefficient (Wildman–Crippen LogP) is -0.642. The van der Waals surface area contributed by atoms with E-state index in [-0.39, 0.29) is 47.0 Å². The minimum atomic E-state index is -4.53. The van der Waals surface area contributed by atoms with Crippen molar-refractivity contribution in [3.05, 3.63) is 41.5 Å². The Morgan fingerprint density at radius 2 is 1.86 bits per heavy atom. The van der Waals surface area contributed by atoms with Crippen molar-refractivity contribution >= 4 is 10.1 Å². The number of hydrogen-bond donors (Lipinski definition) is 1. The Kier molecular flexibility index (Phi) is 6.40. The van der Waals surface area contributed by atoms with Crippen molar-refractivity contribution in [1.82, 2.24) is 0 Å². The molecule has 0 saturated carbocycles. The zero-order valence-electron chi connectivity index (χ0n) is 12.5. The largest absolute Gasteiger partial charge is 1.00 e. The Hall–Kier alpha value is -0.430. The van der Waals surface area contributed by atoms with Gasteiger partial charge in [-0.15, -0.1) is 0 Å². The molecule has 0 bridgehead atoms. The summed E-state index contributed by atoms with van der Waals surface area (Å²) in [5.74, 6) is 0.226. The molecule has 4 nitrogen and oxygen atoms in total. The Morgan fingerprint density at radius 3 is 2.38 bits per heavy atom. The molecule has 0 amide bonds. The molecule has 0 heterocycles. The summed E-state index contributed by atoms with van der Waals surface area (Å²) in [6.45, 7) is 3.92. The molecule has 0 atom stereocenters. The first-order chi connectivity index (χ1) is 9.34. The molecule has 0 aromatic rings. The van der Waals surface area contributed by atoms with Gasteiger partial charge in [-0.2, -0.15) is 0 Å². The monoisotopic (exact) mass is 316 g/mol. The molecular weight excluding hydrogens is 299 g/mol. The van der Waals surface area contributed by atoms with E-state index in [2.05, 4.69) is 0 Å². The first-order valence-electron chi connectivity index (χ1n) is 6.47. The van der Waals surface area contributed by atoms with Gasteiger partial charge in [0.2, 0.25) is 0 Å². The molecule has 21 heavy (non-hydrogen) atoms. The number of aliphatic hydroxyl groups is 1. The standard InChI is InChI=1S/C15H18O4S.Na/c1-10(2)11-4-3-5-13-12(6-7-16)9-15(14(13)8-11)20(17,18)19;/h3-5,8-10,16H,6-7H2,1-2H3,(H,17,18,19);/q;+1/p-1. The smallest absolute Gasteiger partial charge is 0.744 e. The maximum atomic E-state index is 11.4. The summed E-state index contributed by atoms with van der Waals surface area (Å²) < 4.78 is 34.3. The summed E-state index contributed by atoms with van der Waals surface area (Å²) in [5.41, 5.74) is 2.80. The van der Waals surface area contributed by atoms with E-state index in [9.17, 15) is 13.0 Å². The van der Waals surface area contributed by atoms with Gasteiger partial charge in [-0.1, -0.05) is 32.0 Å². The molecule has 0 unspecified atom stereocenters. The van der Waals surface area contributed by atoms with Gasteiger partial charge in [0, 0.05) is 6.61 Å². The molecule has 108 valence electrons. The maximum Gasteiger partial charge on any atom is 1.00 e. The molecule has 0 radical (unpaired) electrons. The molecule has 0 fully saturated rings. The van der Waals surface area contributed by atoms with Crippen LogP contribution < -0.4 is 29.6 Å². The van der Waals surface area contributed by atoms with Crippen molar-refractivity contribution in [3.8, 4) is 11.1 Å². The third kappa shape index (κ3) is 4.06. The summed E-state index contributed by atoms with van der Waals surface area (Å²) >= 11 is 0. The molecule has 0 aliphatic heterocycles. The summed E-state index contributed by atoms with van der Waals surface area (Å²) in [6, 6.07) is 8.69. The topological polar surface area (TPSA) is 77.4 Å². The SMILES string of the molecule is CC(C)c1cccc2c(CCO)cc(S(=O)(=O)[O-])c-2c1.[Na+]. The zero-order valence-corrected chi connectivity index (χ0v) is 15.3. The van der Waals surface area contributed by atoms with E-state index in [1.54, 1.807) is 12.1 Å². The van der Waals surface area contributed by atoms with Crippen LogP contribution in [0.4, 0.5) is 0 Å². The van der Waals surface area contributed by atoms with Crippen LogP contribution in [0.15, 0.2) is 35.2 Å². The van der Waals surface area contributed by atoms with Crippen LogP contribution in [0.2, 0.25) is 0 Å². The van der Waals surface area contributed by atoms with E-state index in [0.29, 0.717) is 23.1 Å². The van der Waals surface area contributed by atoms with Gasteiger partial charge in [-0.05, 0) is 46.7 Å². The summed E-state index contributed by atoms with van der Waals surface area (Å²) in [4.78, 5) is -0.200. The minimum Gasteiger partial charge on any atom is -0.744 e. The first-order valence-corrected chi connectivity index (χ1v) is 7.87. The van der Waals surface area contributed by atoms with Gasteiger partial charge in [-0.3, -0.25) is 0 Å². The van der Waals surface area contributed by atoms with Gasteiger partial charge in [-0.25, -0.2) is 8.42 Å². The number of fused-ring (bicyclic) bond motifs is 1. The Balaban J connectivity index is 0.00000220. The van der Waals surface area contributed by atoms with Crippen molar-refractivity contribution in [1.29, 1.82) is 0 Å². The normalized spacial score (nSPS) is 11.7. The molecule has 2 rings (SSSR count). The quantitative estimate of drug-likeness (QED) is 0.601. The van der Waals surface area contributed by atoms with Crippen LogP contribution in [0, 0.1) is 0 Å². The van der Waals surface area contributed by atoms with Gasteiger partial charge < -0.3 is 9.66 Å². The molecule has 0 saturated heterocycles. The summed E-state index contributed by atoms with van der Waals surface area (Å²) in [6.07, 6.45) is 0.326. The Labute approximate surface area is 147 Å². The van der Waals surface area contributed by atoms with Gasteiger partial charge in [0.25, 0.3) is 0 Å². The zero-order chi connectivity index (χ0) is 14.9. The van der Waals surface area contributed by atoms with E-state index in [1.165, 1.54) is 6.07 Å². The fourth-order valence-corrected chi connectivity index (χ4v) is 3.05. The fourth-order valence-electron chi connectivity index (χ4n) is 2.33. The van der Waals surface area contributed by atoms with Crippen LogP contribution in [-0.4, -0.2) is 24.7 Å². The van der Waals surface area contributed by atoms with Crippen LogP contribution >= 0.6 is 0 Å². The molecule has 2 aliphatic carbocycles. The van der Waals surface area contributed by atoms with E-state index in [4.69, 9.17) is 5.11 Å². The molecular formula is C15H17NaO4S. The van der Waals surface area contributed by atoms with Crippen LogP contribution in [-0.2, 0) is 16.5 Å². The summed E-state index contributed by atoms with van der Waals surface area (Å²) in [7, 11) is -4.53. The van der Waals surface area contributed by atoms with Crippen molar-refractivity contribution in [3.63, 3.8) is 0 Å². The van der Waals surface area contributed by atoms with Gasteiger partial charge in [0.15, 0.2) is 0 Å². The predicted molar refractivity (Wildman–Crippen MR) is 75.9 cm³/mol. The van der Waals surface area contributed by atoms with E-state index >= 15 is 0 Å². The second-order valence-corrected chi connectivity index (χ2v) is 6.46. The average Bonchev–Trinajstić information content (AvgIpc) is 2.56. The van der Waals surface area contributed by atoms with Gasteiger partial charge in [0.1, 0.15) is 10.1 Å². The molecule has 6 heteroatoms. The van der Waals surface area contributed by atoms with Crippen LogP contribution in [0.25, 0.3) is 11.1 Å². The van der Waals surface area contributed by atoms with Crippen LogP contribution in [0.1, 0.15) is 30.9 Å². The van der Waals surface area contributed by atoms with Gasteiger partial charge >= 0.3 is 29.6 Å². The van der Waals surface area contributed by atoms with E-state index in [0.717, 1.165) is 5.56 Å². The number of hydrogen-bond acceptors (Lipinski definition) is 4. The van der Waals surface area contributed by atoms with Gasteiger partial charge in [0.05, 0.1) is 4.90 Å². The molecule has 0 aromatic heterocycles. The minimum absolute atomic E-state index is 0. The summed E-state index contributed by atoms with van der Waals surface area (Å²) in [5, 5.41) is 9.07. The second kappa shape index (κ2) is 7.22. The molecule has 0 spiro atoms. The maximum absolute atomic E-state index is 11.4. The van der Waals surface area contributed by atoms with E-state index < -0.39 is 10.1 Å².